The zero-order valence-corrected chi connectivity index (χ0v) is 33.9. The summed E-state index contributed by atoms with van der Waals surface area (Å²) in [6, 6.07) is 39.5. The Morgan fingerprint density at radius 1 is 0.415 bits per heavy atom. The lowest BCUT2D eigenvalue weighted by Gasteiger charge is -2.23. The first-order chi connectivity index (χ1) is 25.4. The van der Waals surface area contributed by atoms with Crippen LogP contribution in [0.25, 0.3) is 11.1 Å². The third kappa shape index (κ3) is 9.29. The average molecular weight is 763 g/mol. The average Bonchev–Trinajstić information content (AvgIpc) is 3.12. The Morgan fingerprint density at radius 2 is 0.736 bits per heavy atom. The molecule has 0 bridgehead atoms. The van der Waals surface area contributed by atoms with Crippen LogP contribution >= 0.6 is 26.8 Å². The summed E-state index contributed by atoms with van der Waals surface area (Å²) in [5.74, 6) is 3.26. The van der Waals surface area contributed by atoms with E-state index in [0.29, 0.717) is 17.2 Å². The number of aryl methyl sites for hydroxylation is 8. The molecule has 0 aliphatic carbocycles. The number of hydrogen-bond acceptors (Lipinski definition) is 7. The van der Waals surface area contributed by atoms with Crippen LogP contribution in [0.3, 0.4) is 0 Å². The van der Waals surface area contributed by atoms with Crippen molar-refractivity contribution in [3.63, 3.8) is 0 Å². The van der Waals surface area contributed by atoms with E-state index >= 15 is 0 Å². The fourth-order valence-electron chi connectivity index (χ4n) is 5.89. The summed E-state index contributed by atoms with van der Waals surface area (Å²) in [5, 5.41) is 0. The third-order valence-electron chi connectivity index (χ3n) is 8.81. The molecule has 0 heterocycles. The molecule has 0 N–H and O–H groups in total. The van der Waals surface area contributed by atoms with Gasteiger partial charge in [-0.25, -0.2) is 4.57 Å². The van der Waals surface area contributed by atoms with Crippen molar-refractivity contribution in [3.05, 3.63) is 166 Å². The van der Waals surface area contributed by atoms with Crippen molar-refractivity contribution in [2.45, 2.75) is 60.3 Å². The quantitative estimate of drug-likeness (QED) is 0.109. The summed E-state index contributed by atoms with van der Waals surface area (Å²) in [6.07, 6.45) is 0. The van der Waals surface area contributed by atoms with Gasteiger partial charge in [0.1, 0.15) is 28.7 Å². The first-order valence-corrected chi connectivity index (χ1v) is 21.4. The van der Waals surface area contributed by atoms with E-state index in [9.17, 15) is 4.57 Å². The zero-order chi connectivity index (χ0) is 37.7. The maximum atomic E-state index is 14.6. The zero-order valence-electron chi connectivity index (χ0n) is 31.3. The molecule has 0 atom stereocenters. The van der Waals surface area contributed by atoms with Gasteiger partial charge in [0.15, 0.2) is 0 Å². The molecule has 0 aromatic heterocycles. The molecule has 0 aliphatic rings. The van der Waals surface area contributed by atoms with Crippen LogP contribution in [0.15, 0.2) is 126 Å². The highest BCUT2D eigenvalue weighted by molar-refractivity contribution is 8.55. The fraction of sp³-hybridized carbons (Fsp3) is 0.182. The van der Waals surface area contributed by atoms with Gasteiger partial charge in [0.25, 0.3) is 0 Å². The second-order valence-corrected chi connectivity index (χ2v) is 17.9. The van der Waals surface area contributed by atoms with Crippen LogP contribution in [0, 0.1) is 55.4 Å². The Hall–Kier alpha value is -4.67. The number of para-hydroxylation sites is 4. The van der Waals surface area contributed by atoms with Crippen LogP contribution < -0.4 is 22.6 Å². The van der Waals surface area contributed by atoms with Crippen molar-refractivity contribution in [1.82, 2.24) is 0 Å². The highest BCUT2D eigenvalue weighted by atomic mass is 32.7. The molecule has 6 aromatic rings. The van der Waals surface area contributed by atoms with Gasteiger partial charge in [-0.05, 0) is 135 Å². The van der Waals surface area contributed by atoms with Crippen molar-refractivity contribution in [1.29, 1.82) is 0 Å². The molecule has 0 spiro atoms. The summed E-state index contributed by atoms with van der Waals surface area (Å²) in [5.41, 5.74) is 9.57. The Balaban J connectivity index is 1.22. The van der Waals surface area contributed by atoms with E-state index in [1.165, 1.54) is 0 Å². The SMILES string of the molecule is Cc1cccc(C)c1OP(Oc1ccc(-c2ccc(SP(=O)(Oc3c(C)cccc3C)Oc3c(C)cccc3C)cc2)cc1)Oc1c(C)cccc1C. The van der Waals surface area contributed by atoms with E-state index in [-0.39, 0.29) is 0 Å². The van der Waals surface area contributed by atoms with Crippen LogP contribution in [0.5, 0.6) is 28.7 Å². The largest absolute Gasteiger partial charge is 0.530 e. The standard InChI is InChI=1S/C44H44O6P2S/c1-29-13-9-14-30(2)41(29)47-51(48-42-31(3)15-10-16-32(42)4)46-39-25-21-37(22-26-39)38-23-27-40(28-24-38)53-52(45,49-43-33(5)17-11-18-34(43)6)50-44-35(7)19-12-20-36(44)8/h9-28H,1-8H3. The van der Waals surface area contributed by atoms with Gasteiger partial charge in [0.05, 0.1) is 0 Å². The van der Waals surface area contributed by atoms with Crippen LogP contribution in [-0.2, 0) is 4.57 Å². The number of hydrogen-bond donors (Lipinski definition) is 0. The van der Waals surface area contributed by atoms with Crippen molar-refractivity contribution >= 4 is 26.8 Å². The van der Waals surface area contributed by atoms with Crippen LogP contribution in [0.2, 0.25) is 0 Å². The number of benzene rings is 6. The molecule has 0 unspecified atom stereocenters. The highest BCUT2D eigenvalue weighted by Crippen LogP contribution is 2.64. The van der Waals surface area contributed by atoms with Crippen molar-refractivity contribution in [2.24, 2.45) is 0 Å². The molecule has 272 valence electrons. The number of rotatable bonds is 13. The van der Waals surface area contributed by atoms with E-state index in [1.54, 1.807) is 0 Å². The minimum absolute atomic E-state index is 0.566. The van der Waals surface area contributed by atoms with E-state index in [1.807, 2.05) is 177 Å². The Morgan fingerprint density at radius 3 is 1.09 bits per heavy atom. The lowest BCUT2D eigenvalue weighted by atomic mass is 10.1. The van der Waals surface area contributed by atoms with Gasteiger partial charge in [-0.2, -0.15) is 0 Å². The first-order valence-electron chi connectivity index (χ1n) is 17.4. The van der Waals surface area contributed by atoms with Crippen molar-refractivity contribution < 1.29 is 27.2 Å². The molecule has 9 heteroatoms. The molecule has 6 rings (SSSR count). The van der Waals surface area contributed by atoms with Crippen LogP contribution in [0.4, 0.5) is 0 Å². The van der Waals surface area contributed by atoms with E-state index < -0.39 is 15.4 Å². The van der Waals surface area contributed by atoms with Gasteiger partial charge in [-0.15, -0.1) is 0 Å². The predicted molar refractivity (Wildman–Crippen MR) is 219 cm³/mol. The van der Waals surface area contributed by atoms with Gasteiger partial charge in [0, 0.05) is 16.3 Å². The van der Waals surface area contributed by atoms with Gasteiger partial charge in [-0.1, -0.05) is 97.1 Å². The highest BCUT2D eigenvalue weighted by Gasteiger charge is 2.33. The molecular formula is C44H44O6P2S. The van der Waals surface area contributed by atoms with E-state index in [4.69, 9.17) is 22.6 Å². The summed E-state index contributed by atoms with van der Waals surface area (Å²) in [7, 11) is -1.83. The second kappa shape index (κ2) is 16.6. The van der Waals surface area contributed by atoms with Crippen LogP contribution in [-0.4, -0.2) is 0 Å². The Labute approximate surface area is 318 Å². The first kappa shape index (κ1) is 38.1. The maximum Gasteiger partial charge on any atom is 0.530 e. The van der Waals surface area contributed by atoms with Gasteiger partial charge < -0.3 is 22.6 Å². The Kier molecular flexibility index (Phi) is 11.9. The fourth-order valence-corrected chi connectivity index (χ4v) is 10.6. The topological polar surface area (TPSA) is 63.2 Å². The maximum absolute atomic E-state index is 14.6. The molecule has 0 saturated heterocycles. The molecule has 0 amide bonds. The van der Waals surface area contributed by atoms with Gasteiger partial charge in [-0.3, -0.25) is 0 Å². The molecule has 0 fully saturated rings. The minimum Gasteiger partial charge on any atom is -0.409 e. The smallest absolute Gasteiger partial charge is 0.409 e. The summed E-state index contributed by atoms with van der Waals surface area (Å²) in [6.45, 7) is 12.1. The van der Waals surface area contributed by atoms with Gasteiger partial charge in [0.2, 0.25) is 0 Å². The lowest BCUT2D eigenvalue weighted by molar-refractivity contribution is 0.383. The molecule has 6 nitrogen and oxygen atoms in total. The molecule has 0 saturated carbocycles. The third-order valence-corrected chi connectivity index (χ3v) is 13.1. The van der Waals surface area contributed by atoms with E-state index in [2.05, 4.69) is 0 Å². The summed E-state index contributed by atoms with van der Waals surface area (Å²) < 4.78 is 46.5. The molecule has 0 aliphatic heterocycles. The van der Waals surface area contributed by atoms with Crippen LogP contribution in [0.1, 0.15) is 44.5 Å². The van der Waals surface area contributed by atoms with E-state index in [0.717, 1.165) is 83.4 Å². The molecular weight excluding hydrogens is 718 g/mol. The molecule has 6 aromatic carbocycles. The normalized spacial score (nSPS) is 11.3. The lowest BCUT2D eigenvalue weighted by Crippen LogP contribution is -2.05. The summed E-state index contributed by atoms with van der Waals surface area (Å²) in [4.78, 5) is 0.757. The van der Waals surface area contributed by atoms with Gasteiger partial charge >= 0.3 is 15.4 Å². The molecule has 0 radical (unpaired) electrons. The van der Waals surface area contributed by atoms with Crippen molar-refractivity contribution in [3.8, 4) is 39.9 Å². The Bertz CT molecular complexity index is 2080. The summed E-state index contributed by atoms with van der Waals surface area (Å²) >= 11 is 1.10. The minimum atomic E-state index is -3.79. The second-order valence-electron chi connectivity index (χ2n) is 13.2. The molecule has 53 heavy (non-hydrogen) atoms. The predicted octanol–water partition coefficient (Wildman–Crippen LogP) is 13.9. The monoisotopic (exact) mass is 762 g/mol. The van der Waals surface area contributed by atoms with Crippen molar-refractivity contribution in [2.75, 3.05) is 0 Å².